The highest BCUT2D eigenvalue weighted by molar-refractivity contribution is 5.89. The SMILES string of the molecule is COC(=O)c1nc(CC2CC2)nc2c1CNC2. The van der Waals surface area contributed by atoms with Gasteiger partial charge in [-0.05, 0) is 18.8 Å². The maximum Gasteiger partial charge on any atom is 0.357 e. The Morgan fingerprint density at radius 1 is 1.41 bits per heavy atom. The third-order valence-corrected chi connectivity index (χ3v) is 3.28. The van der Waals surface area contributed by atoms with Gasteiger partial charge in [0.15, 0.2) is 5.69 Å². The van der Waals surface area contributed by atoms with E-state index in [2.05, 4.69) is 15.3 Å². The van der Waals surface area contributed by atoms with Gasteiger partial charge >= 0.3 is 5.97 Å². The van der Waals surface area contributed by atoms with Crippen molar-refractivity contribution in [2.45, 2.75) is 32.4 Å². The molecule has 1 saturated carbocycles. The van der Waals surface area contributed by atoms with Crippen molar-refractivity contribution in [3.05, 3.63) is 22.8 Å². The zero-order valence-corrected chi connectivity index (χ0v) is 9.82. The van der Waals surface area contributed by atoms with Crippen LogP contribution in [-0.2, 0) is 24.2 Å². The summed E-state index contributed by atoms with van der Waals surface area (Å²) in [7, 11) is 1.39. The van der Waals surface area contributed by atoms with Gasteiger partial charge in [-0.3, -0.25) is 0 Å². The maximum absolute atomic E-state index is 11.7. The molecule has 1 aromatic heterocycles. The Labute approximate surface area is 99.6 Å². The van der Waals surface area contributed by atoms with Crippen molar-refractivity contribution in [3.63, 3.8) is 0 Å². The highest BCUT2D eigenvalue weighted by atomic mass is 16.5. The van der Waals surface area contributed by atoms with Gasteiger partial charge in [0.25, 0.3) is 0 Å². The lowest BCUT2D eigenvalue weighted by atomic mass is 10.1. The third-order valence-electron chi connectivity index (χ3n) is 3.28. The molecule has 90 valence electrons. The number of carbonyl (C=O) groups is 1. The van der Waals surface area contributed by atoms with Crippen molar-refractivity contribution in [1.82, 2.24) is 15.3 Å². The van der Waals surface area contributed by atoms with Gasteiger partial charge in [0.2, 0.25) is 0 Å². The van der Waals surface area contributed by atoms with Crippen LogP contribution in [0.3, 0.4) is 0 Å². The fourth-order valence-corrected chi connectivity index (χ4v) is 2.16. The summed E-state index contributed by atoms with van der Waals surface area (Å²) in [6.07, 6.45) is 3.40. The fraction of sp³-hybridized carbons (Fsp3) is 0.583. The molecule has 0 unspecified atom stereocenters. The van der Waals surface area contributed by atoms with Crippen molar-refractivity contribution >= 4 is 5.97 Å². The highest BCUT2D eigenvalue weighted by Gasteiger charge is 2.27. The van der Waals surface area contributed by atoms with Crippen LogP contribution in [-0.4, -0.2) is 23.0 Å². The van der Waals surface area contributed by atoms with E-state index in [0.29, 0.717) is 18.2 Å². The van der Waals surface area contributed by atoms with Gasteiger partial charge in [0, 0.05) is 25.1 Å². The molecule has 5 heteroatoms. The van der Waals surface area contributed by atoms with E-state index in [1.165, 1.54) is 20.0 Å². The average molecular weight is 233 g/mol. The average Bonchev–Trinajstić information content (AvgIpc) is 3.02. The number of esters is 1. The summed E-state index contributed by atoms with van der Waals surface area (Å²) in [6, 6.07) is 0. The molecule has 1 N–H and O–H groups in total. The number of methoxy groups -OCH3 is 1. The number of hydrogen-bond donors (Lipinski definition) is 1. The Morgan fingerprint density at radius 3 is 2.94 bits per heavy atom. The van der Waals surface area contributed by atoms with E-state index in [0.717, 1.165) is 30.0 Å². The van der Waals surface area contributed by atoms with Crippen LogP contribution < -0.4 is 5.32 Å². The van der Waals surface area contributed by atoms with Crippen LogP contribution in [0, 0.1) is 5.92 Å². The molecule has 0 amide bonds. The Morgan fingerprint density at radius 2 is 2.24 bits per heavy atom. The zero-order valence-electron chi connectivity index (χ0n) is 9.82. The second kappa shape index (κ2) is 4.07. The fourth-order valence-electron chi connectivity index (χ4n) is 2.16. The summed E-state index contributed by atoms with van der Waals surface area (Å²) >= 11 is 0. The normalized spacial score (nSPS) is 17.9. The van der Waals surface area contributed by atoms with E-state index >= 15 is 0 Å². The van der Waals surface area contributed by atoms with Crippen LogP contribution in [0.25, 0.3) is 0 Å². The zero-order chi connectivity index (χ0) is 11.8. The quantitative estimate of drug-likeness (QED) is 0.783. The van der Waals surface area contributed by atoms with Gasteiger partial charge in [0.05, 0.1) is 12.8 Å². The van der Waals surface area contributed by atoms with Gasteiger partial charge in [-0.25, -0.2) is 14.8 Å². The van der Waals surface area contributed by atoms with E-state index in [-0.39, 0.29) is 5.97 Å². The number of ether oxygens (including phenoxy) is 1. The summed E-state index contributed by atoms with van der Waals surface area (Å²) in [6.45, 7) is 1.38. The standard InChI is InChI=1S/C12H15N3O2/c1-17-12(16)11-8-5-13-6-9(8)14-10(15-11)4-7-2-3-7/h7,13H,2-6H2,1H3. The molecule has 5 nitrogen and oxygen atoms in total. The predicted molar refractivity (Wildman–Crippen MR) is 60.3 cm³/mol. The third kappa shape index (κ3) is 2.02. The molecule has 0 atom stereocenters. The topological polar surface area (TPSA) is 64.1 Å². The highest BCUT2D eigenvalue weighted by Crippen LogP contribution is 2.32. The van der Waals surface area contributed by atoms with Crippen LogP contribution in [0.15, 0.2) is 0 Å². The molecule has 0 aromatic carbocycles. The maximum atomic E-state index is 11.7. The second-order valence-electron chi connectivity index (χ2n) is 4.66. The molecular weight excluding hydrogens is 218 g/mol. The number of fused-ring (bicyclic) bond motifs is 1. The number of nitrogens with zero attached hydrogens (tertiary/aromatic N) is 2. The number of hydrogen-bond acceptors (Lipinski definition) is 5. The van der Waals surface area contributed by atoms with Gasteiger partial charge < -0.3 is 10.1 Å². The van der Waals surface area contributed by atoms with Crippen LogP contribution in [0.5, 0.6) is 0 Å². The van der Waals surface area contributed by atoms with Crippen LogP contribution in [0.1, 0.15) is 40.4 Å². The van der Waals surface area contributed by atoms with E-state index < -0.39 is 0 Å². The van der Waals surface area contributed by atoms with E-state index in [9.17, 15) is 4.79 Å². The minimum atomic E-state index is -0.357. The summed E-state index contributed by atoms with van der Waals surface area (Å²) < 4.78 is 4.78. The van der Waals surface area contributed by atoms with Gasteiger partial charge in [0.1, 0.15) is 5.82 Å². The smallest absolute Gasteiger partial charge is 0.357 e. The first kappa shape index (κ1) is 10.7. The molecule has 1 aliphatic carbocycles. The van der Waals surface area contributed by atoms with Crippen molar-refractivity contribution in [2.75, 3.05) is 7.11 Å². The second-order valence-corrected chi connectivity index (χ2v) is 4.66. The first-order valence-corrected chi connectivity index (χ1v) is 5.95. The molecule has 3 rings (SSSR count). The summed E-state index contributed by atoms with van der Waals surface area (Å²) in [5, 5.41) is 3.19. The van der Waals surface area contributed by atoms with Crippen LogP contribution in [0.2, 0.25) is 0 Å². The Balaban J connectivity index is 1.98. The number of carbonyl (C=O) groups excluding carboxylic acids is 1. The first-order chi connectivity index (χ1) is 8.28. The van der Waals surface area contributed by atoms with Crippen molar-refractivity contribution in [1.29, 1.82) is 0 Å². The molecule has 1 aliphatic heterocycles. The van der Waals surface area contributed by atoms with Crippen molar-refractivity contribution in [2.24, 2.45) is 5.92 Å². The first-order valence-electron chi connectivity index (χ1n) is 5.95. The molecule has 1 aromatic rings. The molecule has 1 fully saturated rings. The molecule has 0 spiro atoms. The van der Waals surface area contributed by atoms with Crippen LogP contribution >= 0.6 is 0 Å². The summed E-state index contributed by atoms with van der Waals surface area (Å²) in [5.74, 6) is 1.15. The largest absolute Gasteiger partial charge is 0.464 e. The minimum Gasteiger partial charge on any atom is -0.464 e. The molecule has 2 heterocycles. The number of aromatic nitrogens is 2. The molecular formula is C12H15N3O2. The molecule has 17 heavy (non-hydrogen) atoms. The Bertz CT molecular complexity index is 469. The molecule has 0 saturated heterocycles. The summed E-state index contributed by atoms with van der Waals surface area (Å²) in [4.78, 5) is 20.6. The lowest BCUT2D eigenvalue weighted by Gasteiger charge is -2.07. The monoisotopic (exact) mass is 233 g/mol. The van der Waals surface area contributed by atoms with Gasteiger partial charge in [-0.15, -0.1) is 0 Å². The Kier molecular flexibility index (Phi) is 2.55. The lowest BCUT2D eigenvalue weighted by molar-refractivity contribution is 0.0592. The molecule has 0 radical (unpaired) electrons. The Hall–Kier alpha value is -1.49. The van der Waals surface area contributed by atoms with E-state index in [4.69, 9.17) is 4.74 Å². The van der Waals surface area contributed by atoms with Gasteiger partial charge in [-0.2, -0.15) is 0 Å². The van der Waals surface area contributed by atoms with E-state index in [1.807, 2.05) is 0 Å². The van der Waals surface area contributed by atoms with Gasteiger partial charge in [-0.1, -0.05) is 0 Å². The minimum absolute atomic E-state index is 0.357. The predicted octanol–water partition coefficient (Wildman–Crippen LogP) is 0.819. The molecule has 2 aliphatic rings. The number of rotatable bonds is 3. The number of nitrogens with one attached hydrogen (secondary N) is 1. The van der Waals surface area contributed by atoms with E-state index in [1.54, 1.807) is 0 Å². The summed E-state index contributed by atoms with van der Waals surface area (Å²) in [5.41, 5.74) is 2.30. The van der Waals surface area contributed by atoms with Crippen LogP contribution in [0.4, 0.5) is 0 Å². The molecule has 0 bridgehead atoms. The van der Waals surface area contributed by atoms with Crippen molar-refractivity contribution < 1.29 is 9.53 Å². The lowest BCUT2D eigenvalue weighted by Crippen LogP contribution is -2.13. The van der Waals surface area contributed by atoms with Crippen molar-refractivity contribution in [3.8, 4) is 0 Å².